The lowest BCUT2D eigenvalue weighted by molar-refractivity contribution is 0.0960. The van der Waals surface area contributed by atoms with Gasteiger partial charge in [-0.05, 0) is 18.4 Å². The van der Waals surface area contributed by atoms with Crippen molar-refractivity contribution in [2.45, 2.75) is 38.0 Å². The molecule has 0 radical (unpaired) electrons. The van der Waals surface area contributed by atoms with E-state index < -0.39 is 11.7 Å². The largest absolute Gasteiger partial charge is 0.369 e. The SMILES string of the molecule is CNC(=O)c1c(F)cnc2c([C@H](C)CNc3cc(-c4cnc(C5CCC5)nc4)ncn3)cccc12.S. The molecule has 3 heterocycles. The first-order chi connectivity index (χ1) is 17.0. The van der Waals surface area contributed by atoms with Gasteiger partial charge in [-0.15, -0.1) is 0 Å². The van der Waals surface area contributed by atoms with Crippen LogP contribution in [0.5, 0.6) is 0 Å². The zero-order valence-electron chi connectivity index (χ0n) is 20.1. The van der Waals surface area contributed by atoms with Gasteiger partial charge in [-0.3, -0.25) is 9.78 Å². The quantitative estimate of drug-likeness (QED) is 0.379. The molecule has 1 aliphatic rings. The Morgan fingerprint density at radius 2 is 1.89 bits per heavy atom. The lowest BCUT2D eigenvalue weighted by Gasteiger charge is -2.23. The van der Waals surface area contributed by atoms with Gasteiger partial charge in [-0.2, -0.15) is 13.5 Å². The van der Waals surface area contributed by atoms with E-state index in [4.69, 9.17) is 0 Å². The van der Waals surface area contributed by atoms with Crippen molar-refractivity contribution in [3.8, 4) is 11.3 Å². The minimum Gasteiger partial charge on any atom is -0.369 e. The van der Waals surface area contributed by atoms with E-state index in [0.717, 1.165) is 41.7 Å². The number of hydrogen-bond donors (Lipinski definition) is 2. The number of nitrogens with zero attached hydrogens (tertiary/aromatic N) is 5. The minimum absolute atomic E-state index is 0. The van der Waals surface area contributed by atoms with E-state index in [9.17, 15) is 9.18 Å². The van der Waals surface area contributed by atoms with Crippen molar-refractivity contribution in [3.63, 3.8) is 0 Å². The van der Waals surface area contributed by atoms with Gasteiger partial charge in [0, 0.05) is 54.8 Å². The summed E-state index contributed by atoms with van der Waals surface area (Å²) < 4.78 is 14.4. The maximum atomic E-state index is 14.4. The Morgan fingerprint density at radius 1 is 1.11 bits per heavy atom. The average molecular weight is 506 g/mol. The van der Waals surface area contributed by atoms with Crippen LogP contribution in [0.2, 0.25) is 0 Å². The second kappa shape index (κ2) is 10.9. The van der Waals surface area contributed by atoms with Crippen molar-refractivity contribution >= 4 is 36.1 Å². The number of hydrogen-bond acceptors (Lipinski definition) is 7. The molecule has 2 N–H and O–H groups in total. The monoisotopic (exact) mass is 505 g/mol. The standard InChI is InChI=1S/C26H26FN7O.H2S/c1-15(18-7-4-8-19-23(26(35)28-2)20(27)13-30-24(18)19)10-29-22-9-21(33-14-34-22)17-11-31-25(32-12-17)16-5-3-6-16;/h4,7-9,11-16H,3,5-6,10H2,1-2H3,(H,28,35)(H,29,33,34);1H2/t15-;/m1./s1. The highest BCUT2D eigenvalue weighted by Crippen LogP contribution is 2.34. The Kier molecular flexibility index (Phi) is 7.73. The van der Waals surface area contributed by atoms with Crippen molar-refractivity contribution in [3.05, 3.63) is 72.0 Å². The van der Waals surface area contributed by atoms with Crippen LogP contribution in [0.15, 0.2) is 49.2 Å². The third kappa shape index (κ3) is 4.99. The summed E-state index contributed by atoms with van der Waals surface area (Å²) in [6.07, 6.45) is 9.82. The van der Waals surface area contributed by atoms with Crippen LogP contribution in [0.25, 0.3) is 22.2 Å². The fourth-order valence-corrected chi connectivity index (χ4v) is 4.30. The molecule has 0 spiro atoms. The van der Waals surface area contributed by atoms with E-state index in [-0.39, 0.29) is 25.0 Å². The van der Waals surface area contributed by atoms with Crippen LogP contribution >= 0.6 is 13.5 Å². The van der Waals surface area contributed by atoms with E-state index in [0.29, 0.717) is 29.2 Å². The third-order valence-electron chi connectivity index (χ3n) is 6.56. The number of aromatic nitrogens is 5. The lowest BCUT2D eigenvalue weighted by Crippen LogP contribution is -2.20. The molecule has 1 fully saturated rings. The van der Waals surface area contributed by atoms with Gasteiger partial charge in [0.25, 0.3) is 5.91 Å². The Hall–Kier alpha value is -3.66. The maximum Gasteiger partial charge on any atom is 0.254 e. The zero-order valence-corrected chi connectivity index (χ0v) is 21.1. The molecule has 8 nitrogen and oxygen atoms in total. The summed E-state index contributed by atoms with van der Waals surface area (Å²) in [6.45, 7) is 2.60. The molecule has 5 rings (SSSR count). The number of benzene rings is 1. The highest BCUT2D eigenvalue weighted by atomic mass is 32.1. The molecule has 1 aromatic carbocycles. The molecule has 1 atom stereocenters. The van der Waals surface area contributed by atoms with Crippen LogP contribution in [0, 0.1) is 5.82 Å². The van der Waals surface area contributed by atoms with Gasteiger partial charge in [0.2, 0.25) is 0 Å². The first kappa shape index (κ1) is 25.4. The molecule has 0 aliphatic heterocycles. The second-order valence-corrected chi connectivity index (χ2v) is 8.83. The first-order valence-electron chi connectivity index (χ1n) is 11.7. The van der Waals surface area contributed by atoms with Gasteiger partial charge in [0.15, 0.2) is 5.82 Å². The highest BCUT2D eigenvalue weighted by molar-refractivity contribution is 7.59. The summed E-state index contributed by atoms with van der Waals surface area (Å²) in [4.78, 5) is 34.3. The molecule has 4 aromatic rings. The number of para-hydroxylation sites is 1. The number of amides is 1. The van der Waals surface area contributed by atoms with E-state index >= 15 is 0 Å². The molecule has 186 valence electrons. The number of rotatable bonds is 7. The van der Waals surface area contributed by atoms with Crippen molar-refractivity contribution < 1.29 is 9.18 Å². The van der Waals surface area contributed by atoms with Crippen LogP contribution in [-0.4, -0.2) is 44.4 Å². The summed E-state index contributed by atoms with van der Waals surface area (Å²) in [5.74, 6) is 0.965. The first-order valence-corrected chi connectivity index (χ1v) is 11.7. The number of pyridine rings is 1. The molecule has 0 saturated heterocycles. The summed E-state index contributed by atoms with van der Waals surface area (Å²) >= 11 is 0. The lowest BCUT2D eigenvalue weighted by atomic mass is 9.85. The summed E-state index contributed by atoms with van der Waals surface area (Å²) in [7, 11) is 1.48. The predicted molar refractivity (Wildman–Crippen MR) is 142 cm³/mol. The molecule has 1 saturated carbocycles. The van der Waals surface area contributed by atoms with Gasteiger partial charge < -0.3 is 10.6 Å². The minimum atomic E-state index is -0.641. The van der Waals surface area contributed by atoms with E-state index in [1.807, 2.05) is 37.5 Å². The molecular weight excluding hydrogens is 477 g/mol. The fourth-order valence-electron chi connectivity index (χ4n) is 4.30. The molecule has 0 unspecified atom stereocenters. The van der Waals surface area contributed by atoms with Gasteiger partial charge >= 0.3 is 0 Å². The number of carbonyl (C=O) groups excluding carboxylic acids is 1. The summed E-state index contributed by atoms with van der Waals surface area (Å²) in [5.41, 5.74) is 3.11. The molecule has 0 bridgehead atoms. The Bertz CT molecular complexity index is 1380. The Morgan fingerprint density at radius 3 is 2.58 bits per heavy atom. The van der Waals surface area contributed by atoms with Crippen LogP contribution in [0.1, 0.15) is 59.8 Å². The summed E-state index contributed by atoms with van der Waals surface area (Å²) in [6, 6.07) is 7.35. The van der Waals surface area contributed by atoms with Crippen molar-refractivity contribution in [1.82, 2.24) is 30.2 Å². The maximum absolute atomic E-state index is 14.4. The van der Waals surface area contributed by atoms with Crippen LogP contribution in [0.4, 0.5) is 10.2 Å². The third-order valence-corrected chi connectivity index (χ3v) is 6.56. The number of anilines is 1. The van der Waals surface area contributed by atoms with Crippen LogP contribution < -0.4 is 10.6 Å². The Labute approximate surface area is 215 Å². The van der Waals surface area contributed by atoms with Crippen molar-refractivity contribution in [2.24, 2.45) is 0 Å². The smallest absolute Gasteiger partial charge is 0.254 e. The van der Waals surface area contributed by atoms with E-state index in [1.54, 1.807) is 6.07 Å². The molecule has 10 heteroatoms. The van der Waals surface area contributed by atoms with E-state index in [1.165, 1.54) is 19.8 Å². The van der Waals surface area contributed by atoms with Gasteiger partial charge in [0.05, 0.1) is 23.0 Å². The van der Waals surface area contributed by atoms with Crippen molar-refractivity contribution in [2.75, 3.05) is 18.9 Å². The molecule has 1 aliphatic carbocycles. The number of nitrogens with one attached hydrogen (secondary N) is 2. The average Bonchev–Trinajstić information content (AvgIpc) is 2.86. The van der Waals surface area contributed by atoms with E-state index in [2.05, 4.69) is 35.6 Å². The number of halogens is 1. The van der Waals surface area contributed by atoms with Gasteiger partial charge in [-0.1, -0.05) is 31.5 Å². The zero-order chi connectivity index (χ0) is 24.4. The molecular formula is C26H28FN7OS. The van der Waals surface area contributed by atoms with Gasteiger partial charge in [0.1, 0.15) is 18.0 Å². The fraction of sp³-hybridized carbons (Fsp3) is 0.308. The second-order valence-electron chi connectivity index (χ2n) is 8.83. The van der Waals surface area contributed by atoms with Crippen LogP contribution in [-0.2, 0) is 0 Å². The van der Waals surface area contributed by atoms with Crippen LogP contribution in [0.3, 0.4) is 0 Å². The number of carbonyl (C=O) groups is 1. The normalized spacial score (nSPS) is 14.0. The molecule has 36 heavy (non-hydrogen) atoms. The topological polar surface area (TPSA) is 106 Å². The molecule has 1 amide bonds. The van der Waals surface area contributed by atoms with Gasteiger partial charge in [-0.25, -0.2) is 24.3 Å². The van der Waals surface area contributed by atoms with Crippen molar-refractivity contribution in [1.29, 1.82) is 0 Å². The predicted octanol–water partition coefficient (Wildman–Crippen LogP) is 4.58. The Balaban J connectivity index is 0.00000304. The number of fused-ring (bicyclic) bond motifs is 1. The molecule has 3 aromatic heterocycles. The summed E-state index contributed by atoms with van der Waals surface area (Å²) in [5, 5.41) is 6.34. The highest BCUT2D eigenvalue weighted by Gasteiger charge is 2.22.